The van der Waals surface area contributed by atoms with Gasteiger partial charge in [-0.1, -0.05) is 0 Å². The average Bonchev–Trinajstić information content (AvgIpc) is 2.94. The maximum Gasteiger partial charge on any atom is 0.223 e. The molecule has 1 heterocycles. The number of halogens is 2. The second kappa shape index (κ2) is 8.46. The average molecular weight is 325 g/mol. The number of imidazole rings is 1. The van der Waals surface area contributed by atoms with Crippen molar-refractivity contribution in [2.24, 2.45) is 11.7 Å². The molecule has 4 N–H and O–H groups in total. The van der Waals surface area contributed by atoms with E-state index in [0.717, 1.165) is 12.2 Å². The molecule has 20 heavy (non-hydrogen) atoms. The lowest BCUT2D eigenvalue weighted by Crippen LogP contribution is -2.30. The van der Waals surface area contributed by atoms with Gasteiger partial charge in [0, 0.05) is 24.7 Å². The number of nitrogens with zero attached hydrogens (tertiary/aromatic N) is 2. The topological polar surface area (TPSA) is 93.2 Å². The Labute approximate surface area is 131 Å². The van der Waals surface area contributed by atoms with Crippen LogP contribution in [0.3, 0.4) is 0 Å². The summed E-state index contributed by atoms with van der Waals surface area (Å²) < 4.78 is 1.96. The normalized spacial score (nSPS) is 24.6. The number of aliphatic hydroxyl groups is 1. The monoisotopic (exact) mass is 324 g/mol. The smallest absolute Gasteiger partial charge is 0.223 e. The number of carbonyl (C=O) groups excluding carboxylic acids is 1. The third-order valence-corrected chi connectivity index (χ3v) is 3.44. The number of amides is 1. The van der Waals surface area contributed by atoms with E-state index >= 15 is 0 Å². The number of aromatic nitrogens is 2. The first kappa shape index (κ1) is 19.2. The largest absolute Gasteiger partial charge is 0.391 e. The van der Waals surface area contributed by atoms with Crippen LogP contribution in [0.4, 0.5) is 0 Å². The first-order valence-corrected chi connectivity index (χ1v) is 6.32. The molecule has 0 radical (unpaired) electrons. The summed E-state index contributed by atoms with van der Waals surface area (Å²) in [6, 6.07) is -0.278. The molecule has 3 atom stereocenters. The summed E-state index contributed by atoms with van der Waals surface area (Å²) in [6.07, 6.45) is 4.11. The molecule has 0 unspecified atom stereocenters. The van der Waals surface area contributed by atoms with Gasteiger partial charge in [0.2, 0.25) is 5.91 Å². The van der Waals surface area contributed by atoms with Crippen LogP contribution in [0, 0.1) is 5.92 Å². The zero-order valence-electron chi connectivity index (χ0n) is 11.4. The Morgan fingerprint density at radius 3 is 2.75 bits per heavy atom. The van der Waals surface area contributed by atoms with Crippen molar-refractivity contribution in [1.82, 2.24) is 14.9 Å². The summed E-state index contributed by atoms with van der Waals surface area (Å²) in [5, 5.41) is 12.4. The lowest BCUT2D eigenvalue weighted by molar-refractivity contribution is -0.125. The molecule has 116 valence electrons. The molecule has 0 saturated heterocycles. The highest BCUT2D eigenvalue weighted by Gasteiger charge is 2.34. The zero-order valence-corrected chi connectivity index (χ0v) is 13.0. The quantitative estimate of drug-likeness (QED) is 0.750. The van der Waals surface area contributed by atoms with Crippen molar-refractivity contribution in [1.29, 1.82) is 0 Å². The summed E-state index contributed by atoms with van der Waals surface area (Å²) in [7, 11) is 0. The van der Waals surface area contributed by atoms with Crippen molar-refractivity contribution in [2.45, 2.75) is 45.0 Å². The van der Waals surface area contributed by atoms with Crippen LogP contribution in [0.5, 0.6) is 0 Å². The fourth-order valence-corrected chi connectivity index (χ4v) is 2.25. The van der Waals surface area contributed by atoms with Gasteiger partial charge in [-0.05, 0) is 19.8 Å². The van der Waals surface area contributed by atoms with Crippen LogP contribution < -0.4 is 11.1 Å². The van der Waals surface area contributed by atoms with E-state index in [2.05, 4.69) is 10.3 Å². The van der Waals surface area contributed by atoms with Gasteiger partial charge >= 0.3 is 0 Å². The first-order chi connectivity index (χ1) is 8.60. The molecule has 0 aliphatic heterocycles. The molecule has 1 amide bonds. The van der Waals surface area contributed by atoms with Gasteiger partial charge < -0.3 is 20.7 Å². The molecular formula is C12H22Cl2N4O2. The summed E-state index contributed by atoms with van der Waals surface area (Å²) >= 11 is 0. The molecule has 8 heteroatoms. The van der Waals surface area contributed by atoms with Gasteiger partial charge in [-0.2, -0.15) is 0 Å². The van der Waals surface area contributed by atoms with E-state index in [4.69, 9.17) is 5.73 Å². The predicted octanol–water partition coefficient (Wildman–Crippen LogP) is 0.461. The van der Waals surface area contributed by atoms with Crippen LogP contribution in [0.1, 0.15) is 25.5 Å². The molecule has 6 nitrogen and oxygen atoms in total. The fraction of sp³-hybridized carbons (Fsp3) is 0.667. The minimum atomic E-state index is -0.556. The number of nitrogens with one attached hydrogen (secondary N) is 1. The van der Waals surface area contributed by atoms with E-state index in [0.29, 0.717) is 19.4 Å². The molecule has 1 aromatic heterocycles. The van der Waals surface area contributed by atoms with Crippen LogP contribution in [0.15, 0.2) is 12.5 Å². The third kappa shape index (κ3) is 4.63. The maximum atomic E-state index is 11.9. The highest BCUT2D eigenvalue weighted by Crippen LogP contribution is 2.24. The summed E-state index contributed by atoms with van der Waals surface area (Å²) in [5.74, 6) is -0.226. The summed E-state index contributed by atoms with van der Waals surface area (Å²) in [5.41, 5.74) is 6.53. The number of nitrogens with two attached hydrogens (primary N) is 1. The van der Waals surface area contributed by atoms with Gasteiger partial charge in [0.05, 0.1) is 24.7 Å². The number of rotatable bonds is 4. The molecule has 0 bridgehead atoms. The Morgan fingerprint density at radius 1 is 1.55 bits per heavy atom. The SMILES string of the molecule is CCn1cnc(CNC(=O)[C@H]2C[C@@H](N)[C@H](O)C2)c1.Cl.Cl. The van der Waals surface area contributed by atoms with E-state index in [1.54, 1.807) is 6.33 Å². The van der Waals surface area contributed by atoms with Crippen molar-refractivity contribution in [3.8, 4) is 0 Å². The van der Waals surface area contributed by atoms with Crippen LogP contribution in [0.25, 0.3) is 0 Å². The Morgan fingerprint density at radius 2 is 2.25 bits per heavy atom. The van der Waals surface area contributed by atoms with Gasteiger partial charge in [-0.25, -0.2) is 4.98 Å². The Balaban J connectivity index is 0.00000180. The maximum absolute atomic E-state index is 11.9. The molecule has 2 rings (SSSR count). The molecule has 1 aliphatic rings. The predicted molar refractivity (Wildman–Crippen MR) is 80.9 cm³/mol. The molecule has 0 spiro atoms. The van der Waals surface area contributed by atoms with Crippen LogP contribution in [0.2, 0.25) is 0 Å². The molecular weight excluding hydrogens is 303 g/mol. The second-order valence-electron chi connectivity index (χ2n) is 4.81. The number of hydrogen-bond acceptors (Lipinski definition) is 4. The van der Waals surface area contributed by atoms with E-state index < -0.39 is 6.10 Å². The Bertz CT molecular complexity index is 417. The van der Waals surface area contributed by atoms with Gasteiger partial charge in [0.1, 0.15) is 0 Å². The van der Waals surface area contributed by atoms with Gasteiger partial charge in [-0.15, -0.1) is 24.8 Å². The molecule has 1 saturated carbocycles. The Kier molecular flexibility index (Phi) is 8.12. The van der Waals surface area contributed by atoms with Crippen molar-refractivity contribution < 1.29 is 9.90 Å². The van der Waals surface area contributed by atoms with Crippen molar-refractivity contribution >= 4 is 30.7 Å². The minimum Gasteiger partial charge on any atom is -0.391 e. The lowest BCUT2D eigenvalue weighted by atomic mass is 10.1. The first-order valence-electron chi connectivity index (χ1n) is 6.32. The van der Waals surface area contributed by atoms with E-state index in [9.17, 15) is 9.90 Å². The Hall–Kier alpha value is -0.820. The molecule has 0 aromatic carbocycles. The fourth-order valence-electron chi connectivity index (χ4n) is 2.25. The van der Waals surface area contributed by atoms with Gasteiger partial charge in [-0.3, -0.25) is 4.79 Å². The van der Waals surface area contributed by atoms with E-state index in [1.807, 2.05) is 17.7 Å². The van der Waals surface area contributed by atoms with Crippen molar-refractivity contribution in [2.75, 3.05) is 0 Å². The van der Waals surface area contributed by atoms with Gasteiger partial charge in [0.15, 0.2) is 0 Å². The van der Waals surface area contributed by atoms with E-state index in [1.165, 1.54) is 0 Å². The van der Waals surface area contributed by atoms with Crippen molar-refractivity contribution in [3.05, 3.63) is 18.2 Å². The number of hydrogen-bond donors (Lipinski definition) is 3. The number of aryl methyl sites for hydroxylation is 1. The van der Waals surface area contributed by atoms with Gasteiger partial charge in [0.25, 0.3) is 0 Å². The van der Waals surface area contributed by atoms with Crippen molar-refractivity contribution in [3.63, 3.8) is 0 Å². The summed E-state index contributed by atoms with van der Waals surface area (Å²) in [4.78, 5) is 16.1. The highest BCUT2D eigenvalue weighted by atomic mass is 35.5. The molecule has 1 aliphatic carbocycles. The minimum absolute atomic E-state index is 0. The molecule has 1 aromatic rings. The number of carbonyl (C=O) groups is 1. The summed E-state index contributed by atoms with van der Waals surface area (Å²) in [6.45, 7) is 3.32. The third-order valence-electron chi connectivity index (χ3n) is 3.44. The van der Waals surface area contributed by atoms with Crippen LogP contribution in [-0.2, 0) is 17.9 Å². The zero-order chi connectivity index (χ0) is 13.1. The van der Waals surface area contributed by atoms with E-state index in [-0.39, 0.29) is 42.7 Å². The highest BCUT2D eigenvalue weighted by molar-refractivity contribution is 5.85. The molecule has 1 fully saturated rings. The van der Waals surface area contributed by atoms with Crippen LogP contribution >= 0.6 is 24.8 Å². The standard InChI is InChI=1S/C12H20N4O2.2ClH/c1-2-16-6-9(15-7-16)5-14-12(18)8-3-10(13)11(17)4-8;;/h6-8,10-11,17H,2-5,13H2,1H3,(H,14,18);2*1H/t8-,10+,11+;;/m0../s1. The lowest BCUT2D eigenvalue weighted by Gasteiger charge is -2.09. The van der Waals surface area contributed by atoms with Crippen LogP contribution in [-0.4, -0.2) is 32.7 Å². The second-order valence-corrected chi connectivity index (χ2v) is 4.81. The number of aliphatic hydroxyl groups excluding tert-OH is 1.